The highest BCUT2D eigenvalue weighted by molar-refractivity contribution is 7.91. The minimum absolute atomic E-state index is 0.0409. The molecule has 1 aliphatic heterocycles. The van der Waals surface area contributed by atoms with E-state index in [1.54, 1.807) is 29.5 Å². The number of sulfonamides is 1. The Balaban J connectivity index is 1.59. The van der Waals surface area contributed by atoms with Crippen LogP contribution in [-0.2, 0) is 14.8 Å². The zero-order chi connectivity index (χ0) is 18.0. The molecule has 2 fully saturated rings. The predicted molar refractivity (Wildman–Crippen MR) is 96.8 cm³/mol. The highest BCUT2D eigenvalue weighted by Gasteiger charge is 2.36. The molecule has 140 valence electrons. The number of aliphatic hydroxyl groups is 1. The number of carbonyl (C=O) groups excluding carboxylic acids is 1. The molecule has 25 heavy (non-hydrogen) atoms. The van der Waals surface area contributed by atoms with Crippen LogP contribution < -0.4 is 0 Å². The molecule has 0 radical (unpaired) electrons. The minimum Gasteiger partial charge on any atom is -0.391 e. The first-order chi connectivity index (χ1) is 11.9. The summed E-state index contributed by atoms with van der Waals surface area (Å²) >= 11 is 1.22. The van der Waals surface area contributed by atoms with Crippen LogP contribution in [0, 0.1) is 5.92 Å². The van der Waals surface area contributed by atoms with Crippen molar-refractivity contribution in [2.45, 2.75) is 54.9 Å². The number of hydrogen-bond donors (Lipinski definition) is 1. The van der Waals surface area contributed by atoms with Crippen molar-refractivity contribution in [2.24, 2.45) is 5.92 Å². The van der Waals surface area contributed by atoms with Gasteiger partial charge in [0.2, 0.25) is 5.91 Å². The van der Waals surface area contributed by atoms with Crippen molar-refractivity contribution in [1.29, 1.82) is 0 Å². The Morgan fingerprint density at radius 2 is 1.92 bits per heavy atom. The third-order valence-corrected chi connectivity index (χ3v) is 8.70. The molecule has 1 aromatic rings. The lowest BCUT2D eigenvalue weighted by Gasteiger charge is -2.38. The number of thiophene rings is 1. The normalized spacial score (nSPS) is 26.5. The van der Waals surface area contributed by atoms with Crippen molar-refractivity contribution in [3.05, 3.63) is 17.5 Å². The summed E-state index contributed by atoms with van der Waals surface area (Å²) < 4.78 is 27.0. The summed E-state index contributed by atoms with van der Waals surface area (Å²) in [5.41, 5.74) is 0. The third kappa shape index (κ3) is 3.92. The quantitative estimate of drug-likeness (QED) is 0.857. The average Bonchev–Trinajstić information content (AvgIpc) is 3.16. The van der Waals surface area contributed by atoms with E-state index in [1.807, 2.05) is 0 Å². The molecule has 0 spiro atoms. The van der Waals surface area contributed by atoms with Crippen LogP contribution in [0.15, 0.2) is 21.7 Å². The number of likely N-dealkylation sites (N-methyl/N-ethyl adjacent to an activating group) is 1. The van der Waals surface area contributed by atoms with Gasteiger partial charge in [0, 0.05) is 26.1 Å². The SMILES string of the molecule is CN(C(=O)C1CCN(S(=O)(=O)c2cccs2)CC1)[C@@H]1CCCC[C@@H]1O. The van der Waals surface area contributed by atoms with E-state index in [4.69, 9.17) is 0 Å². The molecule has 2 atom stereocenters. The molecular formula is C17H26N2O4S2. The van der Waals surface area contributed by atoms with Crippen molar-refractivity contribution >= 4 is 27.3 Å². The van der Waals surface area contributed by atoms with Gasteiger partial charge in [0.05, 0.1) is 12.1 Å². The molecule has 0 unspecified atom stereocenters. The number of rotatable bonds is 4. The summed E-state index contributed by atoms with van der Waals surface area (Å²) in [6.07, 6.45) is 4.28. The van der Waals surface area contributed by atoms with Gasteiger partial charge in [0.25, 0.3) is 10.0 Å². The van der Waals surface area contributed by atoms with Gasteiger partial charge in [0.15, 0.2) is 0 Å². The molecule has 1 aromatic heterocycles. The highest BCUT2D eigenvalue weighted by Crippen LogP contribution is 2.29. The van der Waals surface area contributed by atoms with E-state index in [2.05, 4.69) is 0 Å². The second kappa shape index (κ2) is 7.73. The standard InChI is InChI=1S/C17H26N2O4S2/c1-18(14-5-2-3-6-15(14)20)17(21)13-8-10-19(11-9-13)25(22,23)16-7-4-12-24-16/h4,7,12-15,20H,2-3,5-6,8-11H2,1H3/t14-,15+/m1/s1. The summed E-state index contributed by atoms with van der Waals surface area (Å²) in [5.74, 6) is -0.118. The highest BCUT2D eigenvalue weighted by atomic mass is 32.2. The van der Waals surface area contributed by atoms with Gasteiger partial charge in [-0.05, 0) is 37.1 Å². The zero-order valence-electron chi connectivity index (χ0n) is 14.5. The average molecular weight is 387 g/mol. The number of aliphatic hydroxyl groups excluding tert-OH is 1. The van der Waals surface area contributed by atoms with Crippen LogP contribution in [0.4, 0.5) is 0 Å². The lowest BCUT2D eigenvalue weighted by Crippen LogP contribution is -2.50. The van der Waals surface area contributed by atoms with Crippen molar-refractivity contribution in [3.8, 4) is 0 Å². The lowest BCUT2D eigenvalue weighted by atomic mass is 9.89. The Hall–Kier alpha value is -0.960. The second-order valence-corrected chi connectivity index (χ2v) is 10.1. The van der Waals surface area contributed by atoms with Crippen LogP contribution in [-0.4, -0.2) is 60.9 Å². The summed E-state index contributed by atoms with van der Waals surface area (Å²) in [4.78, 5) is 14.5. The fourth-order valence-corrected chi connectivity index (χ4v) is 6.49. The Labute approximate surface area is 153 Å². The van der Waals surface area contributed by atoms with Gasteiger partial charge in [-0.3, -0.25) is 4.79 Å². The summed E-state index contributed by atoms with van der Waals surface area (Å²) in [6, 6.07) is 3.25. The van der Waals surface area contributed by atoms with Crippen LogP contribution in [0.5, 0.6) is 0 Å². The Morgan fingerprint density at radius 3 is 2.52 bits per heavy atom. The largest absolute Gasteiger partial charge is 0.391 e. The smallest absolute Gasteiger partial charge is 0.252 e. The van der Waals surface area contributed by atoms with Crippen LogP contribution in [0.1, 0.15) is 38.5 Å². The summed E-state index contributed by atoms with van der Waals surface area (Å²) in [5, 5.41) is 11.9. The van der Waals surface area contributed by atoms with Gasteiger partial charge in [-0.25, -0.2) is 8.42 Å². The van der Waals surface area contributed by atoms with E-state index < -0.39 is 16.1 Å². The number of hydrogen-bond acceptors (Lipinski definition) is 5. The van der Waals surface area contributed by atoms with Gasteiger partial charge in [-0.15, -0.1) is 11.3 Å². The predicted octanol–water partition coefficient (Wildman–Crippen LogP) is 1.91. The Morgan fingerprint density at radius 1 is 1.24 bits per heavy atom. The van der Waals surface area contributed by atoms with E-state index >= 15 is 0 Å². The first-order valence-corrected chi connectivity index (χ1v) is 11.2. The van der Waals surface area contributed by atoms with Crippen molar-refractivity contribution < 1.29 is 18.3 Å². The molecule has 1 N–H and O–H groups in total. The second-order valence-electron chi connectivity index (χ2n) is 6.98. The van der Waals surface area contributed by atoms with Crippen molar-refractivity contribution in [2.75, 3.05) is 20.1 Å². The third-order valence-electron chi connectivity index (χ3n) is 5.43. The molecule has 1 saturated heterocycles. The molecule has 0 aromatic carbocycles. The maximum absolute atomic E-state index is 12.8. The lowest BCUT2D eigenvalue weighted by molar-refractivity contribution is -0.141. The summed E-state index contributed by atoms with van der Waals surface area (Å²) in [6.45, 7) is 0.745. The van der Waals surface area contributed by atoms with Gasteiger partial charge >= 0.3 is 0 Å². The molecule has 1 saturated carbocycles. The van der Waals surface area contributed by atoms with E-state index in [-0.39, 0.29) is 17.9 Å². The van der Waals surface area contributed by atoms with Crippen LogP contribution in [0.2, 0.25) is 0 Å². The fraction of sp³-hybridized carbons (Fsp3) is 0.706. The van der Waals surface area contributed by atoms with Crippen LogP contribution in [0.3, 0.4) is 0 Å². The monoisotopic (exact) mass is 386 g/mol. The van der Waals surface area contributed by atoms with Crippen LogP contribution >= 0.6 is 11.3 Å². The Kier molecular flexibility index (Phi) is 5.82. The van der Waals surface area contributed by atoms with Gasteiger partial charge in [-0.2, -0.15) is 4.31 Å². The molecule has 8 heteroatoms. The van der Waals surface area contributed by atoms with Gasteiger partial charge in [0.1, 0.15) is 4.21 Å². The molecule has 2 aliphatic rings. The number of nitrogens with zero attached hydrogens (tertiary/aromatic N) is 2. The number of amides is 1. The van der Waals surface area contributed by atoms with E-state index in [0.29, 0.717) is 30.1 Å². The Bertz CT molecular complexity index is 682. The molecule has 1 amide bonds. The fourth-order valence-electron chi connectivity index (χ4n) is 3.88. The van der Waals surface area contributed by atoms with E-state index in [1.165, 1.54) is 15.6 Å². The van der Waals surface area contributed by atoms with Crippen molar-refractivity contribution in [1.82, 2.24) is 9.21 Å². The van der Waals surface area contributed by atoms with E-state index in [0.717, 1.165) is 25.7 Å². The van der Waals surface area contributed by atoms with E-state index in [9.17, 15) is 18.3 Å². The van der Waals surface area contributed by atoms with Gasteiger partial charge < -0.3 is 10.0 Å². The number of carbonyl (C=O) groups is 1. The molecule has 6 nitrogen and oxygen atoms in total. The molecule has 2 heterocycles. The molecule has 3 rings (SSSR count). The maximum Gasteiger partial charge on any atom is 0.252 e. The first-order valence-electron chi connectivity index (χ1n) is 8.89. The molecular weight excluding hydrogens is 360 g/mol. The zero-order valence-corrected chi connectivity index (χ0v) is 16.1. The minimum atomic E-state index is -3.43. The topological polar surface area (TPSA) is 77.9 Å². The first kappa shape index (κ1) is 18.8. The van der Waals surface area contributed by atoms with Crippen LogP contribution in [0.25, 0.3) is 0 Å². The van der Waals surface area contributed by atoms with Crippen molar-refractivity contribution in [3.63, 3.8) is 0 Å². The number of piperidine rings is 1. The molecule has 0 bridgehead atoms. The summed E-state index contributed by atoms with van der Waals surface area (Å²) in [7, 11) is -1.66. The maximum atomic E-state index is 12.8. The van der Waals surface area contributed by atoms with Gasteiger partial charge in [-0.1, -0.05) is 18.9 Å². The molecule has 1 aliphatic carbocycles.